The molecule has 12 nitrogen and oxygen atoms in total. The molecule has 0 radical (unpaired) electrons. The number of hydrogen-bond acceptors (Lipinski definition) is 12. The zero-order valence-electron chi connectivity index (χ0n) is 14.2. The Morgan fingerprint density at radius 3 is 1.33 bits per heavy atom. The third-order valence-corrected chi connectivity index (χ3v) is 2.00. The third-order valence-electron chi connectivity index (χ3n) is 2.00. The molecule has 16 heteroatoms. The first-order valence-electron chi connectivity index (χ1n) is 5.16. The molecule has 0 fully saturated rings. The molecule has 0 aromatic heterocycles. The second-order valence-electron chi connectivity index (χ2n) is 3.48. The molecule has 118 valence electrons. The van der Waals surface area contributed by atoms with Gasteiger partial charge in [-0.05, 0) is 0 Å². The third kappa shape index (κ3) is 24.6. The second-order valence-corrected chi connectivity index (χ2v) is 3.48. The van der Waals surface area contributed by atoms with Gasteiger partial charge in [0, 0.05) is 26.2 Å². The molecule has 0 saturated carbocycles. The van der Waals surface area contributed by atoms with E-state index in [4.69, 9.17) is 0 Å². The SMILES string of the molecule is O=C([O-])CN(CCN(COO[O-])COO[O-])CC(=O)[O-].[Na+].[Na+].[Na+].[Na+]. The van der Waals surface area contributed by atoms with Gasteiger partial charge in [0.25, 0.3) is 0 Å². The molecule has 0 atom stereocenters. The van der Waals surface area contributed by atoms with Gasteiger partial charge in [-0.15, -0.1) is 0 Å². The van der Waals surface area contributed by atoms with Gasteiger partial charge in [0.2, 0.25) is 0 Å². The number of carbonyl (C=O) groups excluding carboxylic acids is 2. The molecule has 0 aliphatic heterocycles. The average molecular weight is 388 g/mol. The molecule has 0 spiro atoms. The van der Waals surface area contributed by atoms with Gasteiger partial charge in [0.15, 0.2) is 0 Å². The van der Waals surface area contributed by atoms with Gasteiger partial charge in [0.05, 0.1) is 11.9 Å². The molecule has 24 heavy (non-hydrogen) atoms. The molecule has 0 aliphatic carbocycles. The fourth-order valence-corrected chi connectivity index (χ4v) is 1.22. The number of nitrogens with zero attached hydrogens (tertiary/aromatic N) is 2. The zero-order valence-corrected chi connectivity index (χ0v) is 22.2. The predicted molar refractivity (Wildman–Crippen MR) is 47.2 cm³/mol. The van der Waals surface area contributed by atoms with Crippen LogP contribution in [0.4, 0.5) is 0 Å². The van der Waals surface area contributed by atoms with Gasteiger partial charge in [-0.2, -0.15) is 0 Å². The summed E-state index contributed by atoms with van der Waals surface area (Å²) in [6.07, 6.45) is 0. The van der Waals surface area contributed by atoms with Crippen molar-refractivity contribution in [2.24, 2.45) is 0 Å². The second kappa shape index (κ2) is 25.6. The molecule has 0 aromatic carbocycles. The van der Waals surface area contributed by atoms with E-state index in [2.05, 4.69) is 19.9 Å². The summed E-state index contributed by atoms with van der Waals surface area (Å²) in [5.41, 5.74) is 0. The van der Waals surface area contributed by atoms with Crippen LogP contribution in [-0.2, 0) is 29.4 Å². The molecule has 0 bridgehead atoms. The van der Waals surface area contributed by atoms with Crippen LogP contribution in [0.3, 0.4) is 0 Å². The van der Waals surface area contributed by atoms with Crippen LogP contribution in [0.15, 0.2) is 0 Å². The number of carbonyl (C=O) groups is 2. The number of carboxylic acids is 2. The summed E-state index contributed by atoms with van der Waals surface area (Å²) < 4.78 is 0. The van der Waals surface area contributed by atoms with Gasteiger partial charge in [-0.3, -0.25) is 19.9 Å². The van der Waals surface area contributed by atoms with E-state index in [0.717, 1.165) is 9.80 Å². The smallest absolute Gasteiger partial charge is 0.692 e. The molecule has 0 saturated heterocycles. The first-order valence-corrected chi connectivity index (χ1v) is 5.16. The molecule has 0 rings (SSSR count). The van der Waals surface area contributed by atoms with Crippen LogP contribution < -0.4 is 139 Å². The minimum Gasteiger partial charge on any atom is -0.692 e. The van der Waals surface area contributed by atoms with E-state index in [1.54, 1.807) is 0 Å². The number of rotatable bonds is 13. The summed E-state index contributed by atoms with van der Waals surface area (Å²) in [6.45, 7) is -2.21. The van der Waals surface area contributed by atoms with Crippen molar-refractivity contribution in [2.45, 2.75) is 0 Å². The quantitative estimate of drug-likeness (QED) is 0.126. The molecular weight excluding hydrogens is 376 g/mol. The van der Waals surface area contributed by atoms with Crippen molar-refractivity contribution in [1.82, 2.24) is 9.80 Å². The van der Waals surface area contributed by atoms with E-state index in [9.17, 15) is 30.3 Å². The van der Waals surface area contributed by atoms with E-state index in [1.807, 2.05) is 0 Å². The molecule has 0 unspecified atom stereocenters. The number of hydrogen-bond donors (Lipinski definition) is 0. The van der Waals surface area contributed by atoms with Crippen LogP contribution in [0.25, 0.3) is 0 Å². The van der Waals surface area contributed by atoms with Crippen molar-refractivity contribution in [3.05, 3.63) is 0 Å². The topological polar surface area (TPSA) is 170 Å². The van der Waals surface area contributed by atoms with Crippen molar-refractivity contribution < 1.29 is 168 Å². The molecule has 0 aliphatic rings. The average Bonchev–Trinajstić information content (AvgIpc) is 2.36. The monoisotopic (exact) mass is 388 g/mol. The van der Waals surface area contributed by atoms with Crippen LogP contribution in [0.1, 0.15) is 0 Å². The Kier molecular flexibility index (Phi) is 39.9. The normalized spacial score (nSPS) is 9.33. The van der Waals surface area contributed by atoms with E-state index < -0.39 is 38.5 Å². The maximum atomic E-state index is 10.4. The van der Waals surface area contributed by atoms with Gasteiger partial charge < -0.3 is 30.3 Å². The first kappa shape index (κ1) is 37.4. The van der Waals surface area contributed by atoms with Crippen LogP contribution in [0.5, 0.6) is 0 Å². The van der Waals surface area contributed by atoms with Gasteiger partial charge in [-0.1, -0.05) is 0 Å². The molecule has 0 heterocycles. The fraction of sp³-hybridized carbons (Fsp3) is 0.750. The van der Waals surface area contributed by atoms with E-state index in [0.29, 0.717) is 0 Å². The van der Waals surface area contributed by atoms with Crippen molar-refractivity contribution in [3.63, 3.8) is 0 Å². The summed E-state index contributed by atoms with van der Waals surface area (Å²) in [4.78, 5) is 31.1. The Bertz CT molecular complexity index is 280. The van der Waals surface area contributed by atoms with Gasteiger partial charge in [0.1, 0.15) is 13.5 Å². The van der Waals surface area contributed by atoms with Crippen molar-refractivity contribution >= 4 is 11.9 Å². The van der Waals surface area contributed by atoms with Crippen molar-refractivity contribution in [3.8, 4) is 0 Å². The van der Waals surface area contributed by atoms with Crippen LogP contribution in [-0.4, -0.2) is 61.4 Å². The zero-order chi connectivity index (χ0) is 15.4. The minimum absolute atomic E-state index is 0. The van der Waals surface area contributed by atoms with Crippen molar-refractivity contribution in [2.75, 3.05) is 39.6 Å². The fourth-order valence-electron chi connectivity index (χ4n) is 1.22. The van der Waals surface area contributed by atoms with E-state index in [1.165, 1.54) is 0 Å². The Labute approximate surface area is 226 Å². The molecule has 0 amide bonds. The Morgan fingerprint density at radius 1 is 0.708 bits per heavy atom. The summed E-state index contributed by atoms with van der Waals surface area (Å²) >= 11 is 0. The Hall–Kier alpha value is 2.62. The van der Waals surface area contributed by atoms with Crippen LogP contribution >= 0.6 is 0 Å². The minimum atomic E-state index is -1.48. The Balaban J connectivity index is -0.000000301. The van der Waals surface area contributed by atoms with Gasteiger partial charge in [-0.25, -0.2) is 9.78 Å². The number of carboxylic acid groups (broad SMARTS) is 2. The summed E-state index contributed by atoms with van der Waals surface area (Å²) in [5.74, 6) is -2.95. The number of aliphatic carboxylic acids is 2. The van der Waals surface area contributed by atoms with E-state index >= 15 is 0 Å². The van der Waals surface area contributed by atoms with Crippen LogP contribution in [0, 0.1) is 0 Å². The summed E-state index contributed by atoms with van der Waals surface area (Å²) in [6, 6.07) is 0. The van der Waals surface area contributed by atoms with Crippen molar-refractivity contribution in [1.29, 1.82) is 0 Å². The maximum absolute atomic E-state index is 10.4. The van der Waals surface area contributed by atoms with E-state index in [-0.39, 0.29) is 131 Å². The predicted octanol–water partition coefficient (Wildman–Crippen LogP) is -18.5. The first-order chi connectivity index (χ1) is 9.49. The van der Waals surface area contributed by atoms with Crippen LogP contribution in [0.2, 0.25) is 0 Å². The van der Waals surface area contributed by atoms with Gasteiger partial charge >= 0.3 is 118 Å². The molecule has 0 N–H and O–H groups in total. The largest absolute Gasteiger partial charge is 1.00 e. The maximum Gasteiger partial charge on any atom is 1.00 e. The molecule has 0 aromatic rings. The standard InChI is InChI=1S/C8H16N2O10.4Na/c11-7(12)3-9(4-8(13)14)1-2-10(5-17-19-15)6-18-20-16;;;;/h15-16H,1-6H2,(H,11,12)(H,13,14);;;;/q;4*+1/p-4. The molecular formula is C8H12N2Na4O10. The Morgan fingerprint density at radius 2 is 1.04 bits per heavy atom. The summed E-state index contributed by atoms with van der Waals surface area (Å²) in [5, 5.41) is 46.4. The summed E-state index contributed by atoms with van der Waals surface area (Å²) in [7, 11) is 0.